The molecule has 3 aromatic rings. The summed E-state index contributed by atoms with van der Waals surface area (Å²) in [5.41, 5.74) is 7.56. The van der Waals surface area contributed by atoms with Gasteiger partial charge in [-0.2, -0.15) is 0 Å². The minimum Gasteiger partial charge on any atom is -0.324 e. The van der Waals surface area contributed by atoms with E-state index in [0.717, 1.165) is 5.56 Å². The molecule has 2 aromatic carbocycles. The molecule has 0 aliphatic heterocycles. The van der Waals surface area contributed by atoms with Gasteiger partial charge in [0, 0.05) is 17.2 Å². The Kier molecular flexibility index (Phi) is 3.45. The van der Waals surface area contributed by atoms with Crippen molar-refractivity contribution in [2.75, 3.05) is 0 Å². The standard InChI is InChI=1S/C15H14FN5/c1-10(17)14-12(16)8-5-9-13(14)21-19-15(18-20-21)11-6-3-2-4-7-11/h2-10H,17H2,1H3/t10-/m0/s1. The topological polar surface area (TPSA) is 69.6 Å². The number of halogens is 1. The highest BCUT2D eigenvalue weighted by Gasteiger charge is 2.16. The molecule has 0 spiro atoms. The van der Waals surface area contributed by atoms with Crippen molar-refractivity contribution in [2.45, 2.75) is 13.0 Å². The lowest BCUT2D eigenvalue weighted by molar-refractivity contribution is 0.583. The normalized spacial score (nSPS) is 12.3. The maximum atomic E-state index is 13.9. The van der Waals surface area contributed by atoms with Gasteiger partial charge in [-0.1, -0.05) is 36.4 Å². The molecule has 0 saturated carbocycles. The van der Waals surface area contributed by atoms with E-state index >= 15 is 0 Å². The van der Waals surface area contributed by atoms with Gasteiger partial charge in [0.25, 0.3) is 0 Å². The van der Waals surface area contributed by atoms with E-state index in [2.05, 4.69) is 15.4 Å². The first kappa shape index (κ1) is 13.4. The number of aromatic nitrogens is 4. The maximum Gasteiger partial charge on any atom is 0.205 e. The minimum absolute atomic E-state index is 0.370. The molecular formula is C15H14FN5. The van der Waals surface area contributed by atoms with E-state index in [0.29, 0.717) is 17.1 Å². The molecule has 6 heteroatoms. The van der Waals surface area contributed by atoms with Gasteiger partial charge in [0.15, 0.2) is 0 Å². The number of hydrogen-bond acceptors (Lipinski definition) is 4. The number of benzene rings is 2. The van der Waals surface area contributed by atoms with Crippen LogP contribution >= 0.6 is 0 Å². The number of tetrazole rings is 1. The van der Waals surface area contributed by atoms with Crippen molar-refractivity contribution < 1.29 is 4.39 Å². The molecule has 3 rings (SSSR count). The summed E-state index contributed by atoms with van der Waals surface area (Å²) in [6.07, 6.45) is 0. The first-order chi connectivity index (χ1) is 10.2. The summed E-state index contributed by atoms with van der Waals surface area (Å²) in [7, 11) is 0. The zero-order valence-corrected chi connectivity index (χ0v) is 11.4. The lowest BCUT2D eigenvalue weighted by atomic mass is 10.1. The predicted molar refractivity (Wildman–Crippen MR) is 77.2 cm³/mol. The van der Waals surface area contributed by atoms with Crippen LogP contribution in [0.3, 0.4) is 0 Å². The van der Waals surface area contributed by atoms with Crippen molar-refractivity contribution in [1.82, 2.24) is 20.2 Å². The predicted octanol–water partition coefficient (Wildman–Crippen LogP) is 2.49. The molecule has 2 N–H and O–H groups in total. The summed E-state index contributed by atoms with van der Waals surface area (Å²) in [5.74, 6) is 0.108. The summed E-state index contributed by atoms with van der Waals surface area (Å²) in [6, 6.07) is 13.7. The van der Waals surface area contributed by atoms with Gasteiger partial charge in [-0.3, -0.25) is 0 Å². The highest BCUT2D eigenvalue weighted by Crippen LogP contribution is 2.23. The van der Waals surface area contributed by atoms with Crippen molar-refractivity contribution in [3.8, 4) is 17.1 Å². The molecule has 0 bridgehead atoms. The Bertz CT molecular complexity index is 752. The van der Waals surface area contributed by atoms with E-state index in [1.807, 2.05) is 30.3 Å². The Hall–Kier alpha value is -2.60. The van der Waals surface area contributed by atoms with Crippen LogP contribution in [-0.2, 0) is 0 Å². The smallest absolute Gasteiger partial charge is 0.205 e. The van der Waals surface area contributed by atoms with Gasteiger partial charge in [0.05, 0.1) is 5.69 Å². The molecule has 21 heavy (non-hydrogen) atoms. The van der Waals surface area contributed by atoms with Crippen molar-refractivity contribution >= 4 is 0 Å². The minimum atomic E-state index is -0.465. The molecule has 1 heterocycles. The Morgan fingerprint density at radius 2 is 1.86 bits per heavy atom. The lowest BCUT2D eigenvalue weighted by Gasteiger charge is -2.11. The van der Waals surface area contributed by atoms with Gasteiger partial charge in [-0.25, -0.2) is 4.39 Å². The monoisotopic (exact) mass is 283 g/mol. The second kappa shape index (κ2) is 5.41. The van der Waals surface area contributed by atoms with Crippen LogP contribution in [0.15, 0.2) is 48.5 Å². The Balaban J connectivity index is 2.07. The first-order valence-corrected chi connectivity index (χ1v) is 6.56. The van der Waals surface area contributed by atoms with Crippen LogP contribution in [0.25, 0.3) is 17.1 Å². The van der Waals surface area contributed by atoms with E-state index in [-0.39, 0.29) is 5.82 Å². The first-order valence-electron chi connectivity index (χ1n) is 6.56. The van der Waals surface area contributed by atoms with Crippen LogP contribution in [0.5, 0.6) is 0 Å². The van der Waals surface area contributed by atoms with Crippen molar-refractivity contribution in [3.05, 3.63) is 59.9 Å². The Labute approximate surface area is 121 Å². The second-order valence-corrected chi connectivity index (χ2v) is 4.73. The van der Waals surface area contributed by atoms with Crippen LogP contribution in [0.1, 0.15) is 18.5 Å². The third-order valence-electron chi connectivity index (χ3n) is 3.15. The fraction of sp³-hybridized carbons (Fsp3) is 0.133. The molecule has 0 aliphatic carbocycles. The zero-order chi connectivity index (χ0) is 14.8. The van der Waals surface area contributed by atoms with Crippen molar-refractivity contribution in [3.63, 3.8) is 0 Å². The fourth-order valence-electron chi connectivity index (χ4n) is 2.17. The molecular weight excluding hydrogens is 269 g/mol. The van der Waals surface area contributed by atoms with Gasteiger partial charge < -0.3 is 5.73 Å². The number of nitrogens with two attached hydrogens (primary N) is 1. The van der Waals surface area contributed by atoms with Crippen LogP contribution in [0.4, 0.5) is 4.39 Å². The third kappa shape index (κ3) is 2.53. The van der Waals surface area contributed by atoms with Crippen LogP contribution in [-0.4, -0.2) is 20.2 Å². The van der Waals surface area contributed by atoms with E-state index in [4.69, 9.17) is 5.73 Å². The molecule has 1 atom stereocenters. The van der Waals surface area contributed by atoms with Gasteiger partial charge in [0.2, 0.25) is 5.82 Å². The molecule has 0 unspecified atom stereocenters. The molecule has 0 radical (unpaired) electrons. The lowest BCUT2D eigenvalue weighted by Crippen LogP contribution is -2.13. The summed E-state index contributed by atoms with van der Waals surface area (Å²) >= 11 is 0. The second-order valence-electron chi connectivity index (χ2n) is 4.73. The van der Waals surface area contributed by atoms with E-state index in [9.17, 15) is 4.39 Å². The summed E-state index contributed by atoms with van der Waals surface area (Å²) in [5, 5.41) is 12.3. The molecule has 106 valence electrons. The Morgan fingerprint density at radius 3 is 2.57 bits per heavy atom. The quantitative estimate of drug-likeness (QED) is 0.801. The highest BCUT2D eigenvalue weighted by molar-refractivity contribution is 5.53. The third-order valence-corrected chi connectivity index (χ3v) is 3.15. The molecule has 0 aliphatic rings. The van der Waals surface area contributed by atoms with Gasteiger partial charge in [-0.15, -0.1) is 15.0 Å². The highest BCUT2D eigenvalue weighted by atomic mass is 19.1. The maximum absolute atomic E-state index is 13.9. The summed E-state index contributed by atoms with van der Waals surface area (Å²) < 4.78 is 13.9. The van der Waals surface area contributed by atoms with Crippen molar-refractivity contribution in [2.24, 2.45) is 5.73 Å². The molecule has 5 nitrogen and oxygen atoms in total. The van der Waals surface area contributed by atoms with Gasteiger partial charge in [0.1, 0.15) is 5.82 Å². The Morgan fingerprint density at radius 1 is 1.10 bits per heavy atom. The largest absolute Gasteiger partial charge is 0.324 e. The zero-order valence-electron chi connectivity index (χ0n) is 11.4. The van der Waals surface area contributed by atoms with E-state index < -0.39 is 6.04 Å². The van der Waals surface area contributed by atoms with E-state index in [1.165, 1.54) is 10.9 Å². The average Bonchev–Trinajstić information content (AvgIpc) is 2.97. The molecule has 1 aromatic heterocycles. The van der Waals surface area contributed by atoms with Crippen LogP contribution < -0.4 is 5.73 Å². The van der Waals surface area contributed by atoms with Crippen molar-refractivity contribution in [1.29, 1.82) is 0 Å². The summed E-state index contributed by atoms with van der Waals surface area (Å²) in [4.78, 5) is 1.31. The van der Waals surface area contributed by atoms with Crippen LogP contribution in [0, 0.1) is 5.82 Å². The van der Waals surface area contributed by atoms with Gasteiger partial charge >= 0.3 is 0 Å². The molecule has 0 amide bonds. The summed E-state index contributed by atoms with van der Waals surface area (Å²) in [6.45, 7) is 1.72. The molecule has 0 saturated heterocycles. The number of nitrogens with zero attached hydrogens (tertiary/aromatic N) is 4. The average molecular weight is 283 g/mol. The number of rotatable bonds is 3. The van der Waals surface area contributed by atoms with E-state index in [1.54, 1.807) is 19.1 Å². The van der Waals surface area contributed by atoms with Crippen LogP contribution in [0.2, 0.25) is 0 Å². The molecule has 0 fully saturated rings. The van der Waals surface area contributed by atoms with Gasteiger partial charge in [-0.05, 0) is 24.3 Å². The fourth-order valence-corrected chi connectivity index (χ4v) is 2.17. The SMILES string of the molecule is C[C@H](N)c1c(F)cccc1-n1nnc(-c2ccccc2)n1. The number of hydrogen-bond donors (Lipinski definition) is 1.